The number of ether oxygens (including phenoxy) is 3. The number of nitrogens with zero attached hydrogens (tertiary/aromatic N) is 2. The van der Waals surface area contributed by atoms with Gasteiger partial charge in [-0.15, -0.1) is 0 Å². The molecule has 4 rings (SSSR count). The first-order valence-corrected chi connectivity index (χ1v) is 9.64. The Kier molecular flexibility index (Phi) is 5.70. The van der Waals surface area contributed by atoms with Crippen molar-refractivity contribution in [2.75, 3.05) is 19.6 Å². The lowest BCUT2D eigenvalue weighted by Gasteiger charge is -2.29. The number of anilines is 1. The second-order valence-corrected chi connectivity index (χ2v) is 6.90. The van der Waals surface area contributed by atoms with Crippen LogP contribution in [0, 0.1) is 10.1 Å². The minimum Gasteiger partial charge on any atom is -0.496 e. The highest BCUT2D eigenvalue weighted by molar-refractivity contribution is 6.07. The van der Waals surface area contributed by atoms with Gasteiger partial charge in [0.05, 0.1) is 36.1 Å². The van der Waals surface area contributed by atoms with E-state index in [1.165, 1.54) is 12.1 Å². The third-order valence-corrected chi connectivity index (χ3v) is 5.00. The number of rotatable bonds is 6. The number of hydrazone groups is 1. The zero-order valence-electron chi connectivity index (χ0n) is 17.1. The molecule has 1 atom stereocenters. The van der Waals surface area contributed by atoms with E-state index in [4.69, 9.17) is 14.2 Å². The summed E-state index contributed by atoms with van der Waals surface area (Å²) in [5, 5.41) is 15.5. The second-order valence-electron chi connectivity index (χ2n) is 6.90. The average molecular weight is 419 g/mol. The van der Waals surface area contributed by atoms with Crippen LogP contribution in [-0.2, 0) is 0 Å². The first-order valence-electron chi connectivity index (χ1n) is 9.64. The summed E-state index contributed by atoms with van der Waals surface area (Å²) in [5.41, 5.74) is 6.16. The van der Waals surface area contributed by atoms with Gasteiger partial charge >= 0.3 is 0 Å². The Hall–Kier alpha value is -4.07. The van der Waals surface area contributed by atoms with E-state index in [2.05, 4.69) is 10.5 Å². The fourth-order valence-electron chi connectivity index (χ4n) is 3.44. The van der Waals surface area contributed by atoms with E-state index in [0.29, 0.717) is 29.4 Å². The third kappa shape index (κ3) is 4.28. The van der Waals surface area contributed by atoms with E-state index in [1.54, 1.807) is 32.4 Å². The molecule has 0 bridgehead atoms. The van der Waals surface area contributed by atoms with Crippen LogP contribution in [0.1, 0.15) is 23.7 Å². The van der Waals surface area contributed by atoms with Crippen molar-refractivity contribution in [3.63, 3.8) is 0 Å². The molecule has 8 heteroatoms. The van der Waals surface area contributed by atoms with E-state index in [0.717, 1.165) is 16.8 Å². The maximum Gasteiger partial charge on any atom is 0.269 e. The number of nitrogens with one attached hydrogen (secondary N) is 1. The van der Waals surface area contributed by atoms with Gasteiger partial charge in [-0.3, -0.25) is 15.5 Å². The Labute approximate surface area is 179 Å². The number of hydrogen-bond donors (Lipinski definition) is 1. The predicted molar refractivity (Wildman–Crippen MR) is 117 cm³/mol. The molecule has 0 radical (unpaired) electrons. The summed E-state index contributed by atoms with van der Waals surface area (Å²) >= 11 is 0. The SMILES string of the molecule is COc1cc(OC)c2c(c1)OC(c1ccccc1)CC2=NNc1ccc([N+](=O)[O-])cc1. The van der Waals surface area contributed by atoms with Gasteiger partial charge in [0.25, 0.3) is 5.69 Å². The van der Waals surface area contributed by atoms with E-state index in [9.17, 15) is 10.1 Å². The van der Waals surface area contributed by atoms with Gasteiger partial charge in [-0.1, -0.05) is 30.3 Å². The van der Waals surface area contributed by atoms with E-state index >= 15 is 0 Å². The number of non-ortho nitro benzene ring substituents is 1. The molecule has 8 nitrogen and oxygen atoms in total. The Morgan fingerprint density at radius 3 is 2.45 bits per heavy atom. The largest absolute Gasteiger partial charge is 0.496 e. The van der Waals surface area contributed by atoms with Crippen molar-refractivity contribution in [2.45, 2.75) is 12.5 Å². The zero-order chi connectivity index (χ0) is 21.8. The van der Waals surface area contributed by atoms with Gasteiger partial charge in [0.15, 0.2) is 0 Å². The van der Waals surface area contributed by atoms with Gasteiger partial charge in [0.1, 0.15) is 23.4 Å². The highest BCUT2D eigenvalue weighted by atomic mass is 16.6. The van der Waals surface area contributed by atoms with Crippen molar-refractivity contribution in [1.82, 2.24) is 0 Å². The minimum absolute atomic E-state index is 0.0209. The fourth-order valence-corrected chi connectivity index (χ4v) is 3.44. The van der Waals surface area contributed by atoms with Crippen molar-refractivity contribution in [2.24, 2.45) is 5.10 Å². The summed E-state index contributed by atoms with van der Waals surface area (Å²) in [7, 11) is 3.17. The Morgan fingerprint density at radius 1 is 1.06 bits per heavy atom. The standard InChI is InChI=1S/C23H21N3O5/c1-29-18-12-21(30-2)23-19(25-24-16-8-10-17(11-9-16)26(27)28)14-20(31-22(23)13-18)15-6-4-3-5-7-15/h3-13,20,24H,14H2,1-2H3. The van der Waals surface area contributed by atoms with Gasteiger partial charge in [-0.25, -0.2) is 0 Å². The number of benzene rings is 3. The summed E-state index contributed by atoms with van der Waals surface area (Å²) < 4.78 is 17.2. The zero-order valence-corrected chi connectivity index (χ0v) is 17.1. The molecule has 0 aromatic heterocycles. The lowest BCUT2D eigenvalue weighted by Crippen LogP contribution is -2.22. The van der Waals surface area contributed by atoms with E-state index in [-0.39, 0.29) is 11.8 Å². The predicted octanol–water partition coefficient (Wildman–Crippen LogP) is 4.95. The Bertz CT molecular complexity index is 1110. The lowest BCUT2D eigenvalue weighted by atomic mass is 9.94. The first kappa shape index (κ1) is 20.2. The quantitative estimate of drug-likeness (QED) is 0.449. The van der Waals surface area contributed by atoms with E-state index < -0.39 is 4.92 Å². The summed E-state index contributed by atoms with van der Waals surface area (Å²) in [6.45, 7) is 0. The third-order valence-electron chi connectivity index (χ3n) is 5.00. The summed E-state index contributed by atoms with van der Waals surface area (Å²) in [4.78, 5) is 10.4. The highest BCUT2D eigenvalue weighted by Gasteiger charge is 2.30. The molecule has 3 aromatic rings. The van der Waals surface area contributed by atoms with Crippen LogP contribution in [-0.4, -0.2) is 24.9 Å². The Morgan fingerprint density at radius 2 is 1.81 bits per heavy atom. The summed E-state index contributed by atoms with van der Waals surface area (Å²) in [5.74, 6) is 1.82. The molecule has 1 aliphatic heterocycles. The molecular weight excluding hydrogens is 398 g/mol. The average Bonchev–Trinajstić information content (AvgIpc) is 2.82. The van der Waals surface area contributed by atoms with Gasteiger partial charge in [0, 0.05) is 30.7 Å². The molecule has 1 unspecified atom stereocenters. The molecule has 1 N–H and O–H groups in total. The molecule has 0 saturated carbocycles. The molecule has 1 aliphatic rings. The fraction of sp³-hybridized carbons (Fsp3) is 0.174. The normalized spacial score (nSPS) is 16.2. The van der Waals surface area contributed by atoms with Crippen LogP contribution in [0.25, 0.3) is 0 Å². The van der Waals surface area contributed by atoms with Gasteiger partial charge in [-0.05, 0) is 17.7 Å². The molecule has 0 saturated heterocycles. The van der Waals surface area contributed by atoms with E-state index in [1.807, 2.05) is 36.4 Å². The minimum atomic E-state index is -0.437. The molecular formula is C23H21N3O5. The van der Waals surface area contributed by atoms with Crippen LogP contribution in [0.3, 0.4) is 0 Å². The van der Waals surface area contributed by atoms with Crippen molar-refractivity contribution in [3.8, 4) is 17.2 Å². The van der Waals surface area contributed by atoms with Crippen LogP contribution < -0.4 is 19.6 Å². The summed E-state index contributed by atoms with van der Waals surface area (Å²) in [6, 6.07) is 19.6. The van der Waals surface area contributed by atoms with Gasteiger partial charge < -0.3 is 14.2 Å². The smallest absolute Gasteiger partial charge is 0.269 e. The number of nitro groups is 1. The topological polar surface area (TPSA) is 95.2 Å². The highest BCUT2D eigenvalue weighted by Crippen LogP contribution is 2.42. The maximum atomic E-state index is 10.9. The number of methoxy groups -OCH3 is 2. The van der Waals surface area contributed by atoms with Gasteiger partial charge in [-0.2, -0.15) is 5.10 Å². The lowest BCUT2D eigenvalue weighted by molar-refractivity contribution is -0.384. The van der Waals surface area contributed by atoms with Crippen molar-refractivity contribution < 1.29 is 19.1 Å². The van der Waals surface area contributed by atoms with Crippen molar-refractivity contribution >= 4 is 17.1 Å². The molecule has 31 heavy (non-hydrogen) atoms. The second kappa shape index (κ2) is 8.74. The number of hydrogen-bond acceptors (Lipinski definition) is 7. The van der Waals surface area contributed by atoms with Crippen LogP contribution in [0.2, 0.25) is 0 Å². The molecule has 158 valence electrons. The number of fused-ring (bicyclic) bond motifs is 1. The molecule has 0 aliphatic carbocycles. The monoisotopic (exact) mass is 419 g/mol. The first-order chi connectivity index (χ1) is 15.1. The van der Waals surface area contributed by atoms with Gasteiger partial charge in [0.2, 0.25) is 0 Å². The number of nitro benzene ring substituents is 1. The van der Waals surface area contributed by atoms with Crippen LogP contribution in [0.4, 0.5) is 11.4 Å². The molecule has 0 fully saturated rings. The molecule has 0 spiro atoms. The van der Waals surface area contributed by atoms with Crippen molar-refractivity contribution in [1.29, 1.82) is 0 Å². The van der Waals surface area contributed by atoms with Crippen LogP contribution in [0.15, 0.2) is 71.8 Å². The van der Waals surface area contributed by atoms with Crippen LogP contribution in [0.5, 0.6) is 17.2 Å². The molecule has 0 amide bonds. The van der Waals surface area contributed by atoms with Crippen LogP contribution >= 0.6 is 0 Å². The van der Waals surface area contributed by atoms with Crippen molar-refractivity contribution in [3.05, 3.63) is 88.0 Å². The molecule has 3 aromatic carbocycles. The molecule has 1 heterocycles. The summed E-state index contributed by atoms with van der Waals surface area (Å²) in [6.07, 6.45) is 0.280. The Balaban J connectivity index is 1.72. The maximum absolute atomic E-state index is 10.9.